The monoisotopic (exact) mass is 607 g/mol. The quantitative estimate of drug-likeness (QED) is 0.163. The molecule has 1 aliphatic carbocycles. The van der Waals surface area contributed by atoms with Gasteiger partial charge in [-0.1, -0.05) is 19.2 Å². The van der Waals surface area contributed by atoms with Crippen molar-refractivity contribution < 1.29 is 9.59 Å². The molecule has 0 fully saturated rings. The van der Waals surface area contributed by atoms with Crippen LogP contribution in [0.3, 0.4) is 0 Å². The number of allylic oxidation sites excluding steroid dienone is 1. The van der Waals surface area contributed by atoms with Crippen LogP contribution in [-0.4, -0.2) is 40.1 Å². The molecular weight excluding hydrogens is 582 g/mol. The zero-order valence-electron chi connectivity index (χ0n) is 19.9. The number of Topliss-reactive ketones (excluding diaryl/α,β-unsaturated/α-hetero) is 2. The molecule has 6 heteroatoms. The molecule has 3 nitrogen and oxygen atoms in total. The van der Waals surface area contributed by atoms with Crippen molar-refractivity contribution in [3.63, 3.8) is 0 Å². The average Bonchev–Trinajstić information content (AvgIpc) is 3.54. The van der Waals surface area contributed by atoms with Crippen molar-refractivity contribution in [1.82, 2.24) is 0 Å². The number of benzene rings is 2. The van der Waals surface area contributed by atoms with Crippen molar-refractivity contribution in [2.45, 2.75) is 32.4 Å². The molecule has 0 amide bonds. The SMILES string of the molecule is CC1(C)c2cc(C=C3C(=O)c4c[te]cc4C3=O)sc2N2c3ccccc3[Si](C)(C)c3cccc1c32. The predicted octanol–water partition coefficient (Wildman–Crippen LogP) is 5.51. The summed E-state index contributed by atoms with van der Waals surface area (Å²) in [5.74, 6) is -0.202. The van der Waals surface area contributed by atoms with Crippen molar-refractivity contribution in [2.75, 3.05) is 4.90 Å². The molecule has 0 radical (unpaired) electrons. The van der Waals surface area contributed by atoms with Crippen LogP contribution in [0.15, 0.2) is 62.3 Å². The van der Waals surface area contributed by atoms with Crippen LogP contribution < -0.4 is 15.3 Å². The van der Waals surface area contributed by atoms with Crippen LogP contribution in [0.1, 0.15) is 50.6 Å². The number of para-hydroxylation sites is 2. The Labute approximate surface area is 219 Å². The summed E-state index contributed by atoms with van der Waals surface area (Å²) in [6.45, 7) is 9.50. The number of carbonyl (C=O) groups is 2. The van der Waals surface area contributed by atoms with Crippen molar-refractivity contribution in [3.05, 3.63) is 89.4 Å². The van der Waals surface area contributed by atoms with Gasteiger partial charge < -0.3 is 0 Å². The number of anilines is 3. The first kappa shape index (κ1) is 21.8. The number of carbonyl (C=O) groups excluding carboxylic acids is 2. The molecular formula is C29H23NO2SSiTe. The van der Waals surface area contributed by atoms with Gasteiger partial charge in [-0.05, 0) is 0 Å². The number of rotatable bonds is 1. The van der Waals surface area contributed by atoms with Gasteiger partial charge in [0, 0.05) is 0 Å². The molecule has 0 atom stereocenters. The van der Waals surface area contributed by atoms with Gasteiger partial charge in [0.1, 0.15) is 0 Å². The second-order valence-corrected chi connectivity index (χ2v) is 18.1. The number of hydrogen-bond acceptors (Lipinski definition) is 4. The Kier molecular flexibility index (Phi) is 4.38. The van der Waals surface area contributed by atoms with Crippen molar-refractivity contribution in [1.29, 1.82) is 0 Å². The summed E-state index contributed by atoms with van der Waals surface area (Å²) < 4.78 is 4.00. The second kappa shape index (κ2) is 7.05. The standard InChI is InChI=1S/C29H23NO2SSiTe/c1-29(2)20-8-7-11-24-25(20)30(22-9-5-6-10-23(22)34(24,3)4)28-21(29)13-16(33-28)12-17-26(31)18-14-35-15-19(18)27(17)32/h5-15H,1-4H3. The van der Waals surface area contributed by atoms with E-state index in [9.17, 15) is 9.59 Å². The van der Waals surface area contributed by atoms with Gasteiger partial charge in [-0.15, -0.1) is 0 Å². The molecule has 0 spiro atoms. The van der Waals surface area contributed by atoms with Crippen LogP contribution >= 0.6 is 11.3 Å². The molecule has 0 bridgehead atoms. The topological polar surface area (TPSA) is 37.4 Å². The van der Waals surface area contributed by atoms with Crippen molar-refractivity contribution in [3.8, 4) is 0 Å². The molecule has 0 N–H and O–H groups in total. The fourth-order valence-electron chi connectivity index (χ4n) is 6.01. The van der Waals surface area contributed by atoms with Gasteiger partial charge in [0.25, 0.3) is 0 Å². The molecule has 4 heterocycles. The summed E-state index contributed by atoms with van der Waals surface area (Å²) in [7, 11) is -1.87. The first-order chi connectivity index (χ1) is 16.7. The summed E-state index contributed by atoms with van der Waals surface area (Å²) in [4.78, 5) is 29.4. The van der Waals surface area contributed by atoms with Gasteiger partial charge in [0.05, 0.1) is 0 Å². The number of nitrogens with zero attached hydrogens (tertiary/aromatic N) is 1. The maximum atomic E-state index is 13.0. The van der Waals surface area contributed by atoms with Crippen LogP contribution in [-0.2, 0) is 5.41 Å². The number of ketones is 2. The van der Waals surface area contributed by atoms with Crippen LogP contribution in [0.5, 0.6) is 0 Å². The van der Waals surface area contributed by atoms with Crippen LogP contribution in [0.2, 0.25) is 13.1 Å². The Bertz CT molecular complexity index is 1620. The Balaban J connectivity index is 1.47. The van der Waals surface area contributed by atoms with E-state index in [4.69, 9.17) is 0 Å². The summed E-state index contributed by atoms with van der Waals surface area (Å²) in [6.07, 6.45) is 1.84. The van der Waals surface area contributed by atoms with E-state index in [1.54, 1.807) is 11.3 Å². The van der Waals surface area contributed by atoms with Crippen LogP contribution in [0.4, 0.5) is 16.4 Å². The summed E-state index contributed by atoms with van der Waals surface area (Å²) >= 11 is 1.21. The second-order valence-electron chi connectivity index (χ2n) is 10.6. The number of fused-ring (bicyclic) bond motifs is 5. The first-order valence-corrected chi connectivity index (χ1v) is 18.3. The molecule has 35 heavy (non-hydrogen) atoms. The summed E-state index contributed by atoms with van der Waals surface area (Å²) in [6, 6.07) is 17.9. The molecule has 0 saturated heterocycles. The van der Waals surface area contributed by atoms with Gasteiger partial charge in [0.2, 0.25) is 0 Å². The van der Waals surface area contributed by atoms with Gasteiger partial charge >= 0.3 is 201 Å². The van der Waals surface area contributed by atoms with Gasteiger partial charge in [0.15, 0.2) is 0 Å². The van der Waals surface area contributed by atoms with Gasteiger partial charge in [-0.2, -0.15) is 0 Å². The molecule has 0 saturated carbocycles. The van der Waals surface area contributed by atoms with Gasteiger partial charge in [-0.3, -0.25) is 0 Å². The number of hydrogen-bond donors (Lipinski definition) is 0. The normalized spacial score (nSPS) is 18.2. The van der Waals surface area contributed by atoms with Gasteiger partial charge in [-0.25, -0.2) is 0 Å². The third-order valence-electron chi connectivity index (χ3n) is 7.96. The maximum absolute atomic E-state index is 13.0. The van der Waals surface area contributed by atoms with Crippen LogP contribution in [0.25, 0.3) is 6.08 Å². The molecule has 0 unspecified atom stereocenters. The Hall–Kier alpha value is -2.49. The minimum absolute atomic E-state index is 0.101. The summed E-state index contributed by atoms with van der Waals surface area (Å²) in [5, 5.41) is 4.11. The summed E-state index contributed by atoms with van der Waals surface area (Å²) in [5.41, 5.74) is 6.61. The van der Waals surface area contributed by atoms with E-state index in [0.29, 0.717) is 16.7 Å². The molecule has 2 aliphatic heterocycles. The van der Waals surface area contributed by atoms with E-state index in [0.717, 1.165) is 4.88 Å². The molecule has 7 rings (SSSR count). The predicted molar refractivity (Wildman–Crippen MR) is 148 cm³/mol. The third kappa shape index (κ3) is 2.72. The third-order valence-corrected chi connectivity index (χ3v) is 14.7. The minimum atomic E-state index is -1.87. The Morgan fingerprint density at radius 1 is 0.914 bits per heavy atom. The van der Waals surface area contributed by atoms with Crippen molar-refractivity contribution in [2.24, 2.45) is 0 Å². The molecule has 172 valence electrons. The molecule has 2 aromatic carbocycles. The fourth-order valence-corrected chi connectivity index (χ4v) is 12.6. The van der Waals surface area contributed by atoms with E-state index in [2.05, 4.69) is 80.4 Å². The van der Waals surface area contributed by atoms with E-state index in [1.165, 1.54) is 37.9 Å². The molecule has 2 aromatic heterocycles. The van der Waals surface area contributed by atoms with E-state index in [-0.39, 0.29) is 17.0 Å². The van der Waals surface area contributed by atoms with E-state index >= 15 is 0 Å². The van der Waals surface area contributed by atoms with Crippen LogP contribution in [0, 0.1) is 0 Å². The van der Waals surface area contributed by atoms with E-state index < -0.39 is 28.5 Å². The molecule has 4 aromatic rings. The fraction of sp³-hybridized carbons (Fsp3) is 0.172. The first-order valence-electron chi connectivity index (χ1n) is 11.8. The Morgan fingerprint density at radius 3 is 2.34 bits per heavy atom. The molecule has 3 aliphatic rings. The average molecular weight is 605 g/mol. The Morgan fingerprint density at radius 2 is 1.60 bits per heavy atom. The van der Waals surface area contributed by atoms with Crippen molar-refractivity contribution >= 4 is 84.2 Å². The number of thiophene rings is 1. The zero-order valence-corrected chi connectivity index (χ0v) is 24.1. The zero-order chi connectivity index (χ0) is 24.3. The van der Waals surface area contributed by atoms with E-state index in [1.807, 2.05) is 14.2 Å².